The predicted molar refractivity (Wildman–Crippen MR) is 261 cm³/mol. The van der Waals surface area contributed by atoms with E-state index in [0.717, 1.165) is 60.4 Å². The third-order valence-corrected chi connectivity index (χ3v) is 12.2. The summed E-state index contributed by atoms with van der Waals surface area (Å²) in [5, 5.41) is 11.0. The van der Waals surface area contributed by atoms with Gasteiger partial charge in [0.05, 0.1) is 0 Å². The maximum atomic E-state index is 7.07. The molecule has 252 valence electrons. The first-order valence-electron chi connectivity index (χ1n) is 19.2. The monoisotopic (exact) mass is 726 g/mol. The van der Waals surface area contributed by atoms with Gasteiger partial charge in [0.1, 0.15) is 73.9 Å². The van der Waals surface area contributed by atoms with E-state index < -0.39 is 0 Å². The zero-order valence-electron chi connectivity index (χ0n) is 31.7. The number of hydrogen-bond acceptors (Lipinski definition) is 1. The number of benzene rings is 10. The molecule has 0 saturated heterocycles. The topological polar surface area (TPSA) is 13.1 Å². The van der Waals surface area contributed by atoms with Crippen LogP contribution in [0, 0.1) is 0 Å². The zero-order valence-corrected chi connectivity index (χ0v) is 31.7. The lowest BCUT2D eigenvalue weighted by atomic mass is 9.59. The average molecular weight is 725 g/mol. The SMILES string of the molecule is [B]c1c([B])c([B])c2c(-c3ccc4oc5cc6ccccc6cc5c4c3)c3c([B])c([B])c([B])c([B])c3c(-c3cccc(-c4ccc5c(ccc6ccccc65)c4)c3)c2c1[B]. The fourth-order valence-electron chi connectivity index (χ4n) is 9.19. The van der Waals surface area contributed by atoms with Crippen molar-refractivity contribution in [1.29, 1.82) is 0 Å². The van der Waals surface area contributed by atoms with Crippen LogP contribution in [0.15, 0.2) is 138 Å². The fraction of sp³-hybridized carbons (Fsp3) is 0. The molecule has 0 N–H and O–H groups in total. The van der Waals surface area contributed by atoms with Crippen molar-refractivity contribution in [3.05, 3.63) is 133 Å². The van der Waals surface area contributed by atoms with Gasteiger partial charge in [-0.1, -0.05) is 119 Å². The fourth-order valence-corrected chi connectivity index (χ4v) is 9.19. The van der Waals surface area contributed by atoms with E-state index in [1.807, 2.05) is 36.4 Å². The first-order valence-corrected chi connectivity index (χ1v) is 19.2. The average Bonchev–Trinajstić information content (AvgIpc) is 3.63. The van der Waals surface area contributed by atoms with Crippen molar-refractivity contribution in [3.8, 4) is 33.4 Å². The first-order chi connectivity index (χ1) is 28.6. The number of hydrogen-bond donors (Lipinski definition) is 0. The summed E-state index contributed by atoms with van der Waals surface area (Å²) in [6.07, 6.45) is 0. The van der Waals surface area contributed by atoms with Gasteiger partial charge in [-0.3, -0.25) is 0 Å². The van der Waals surface area contributed by atoms with E-state index >= 15 is 0 Å². The van der Waals surface area contributed by atoms with Gasteiger partial charge in [0.25, 0.3) is 0 Å². The van der Waals surface area contributed by atoms with Crippen molar-refractivity contribution in [1.82, 2.24) is 0 Å². The molecule has 0 atom stereocenters. The minimum atomic E-state index is 0.162. The summed E-state index contributed by atoms with van der Waals surface area (Å²) in [5.41, 5.74) is 7.98. The van der Waals surface area contributed by atoms with Crippen LogP contribution in [-0.2, 0) is 0 Å². The molecule has 0 aliphatic rings. The normalized spacial score (nSPS) is 11.9. The molecule has 59 heavy (non-hydrogen) atoms. The lowest BCUT2D eigenvalue weighted by Crippen LogP contribution is -2.50. The summed E-state index contributed by atoms with van der Waals surface area (Å²) in [7, 11) is 55.0. The lowest BCUT2D eigenvalue weighted by molar-refractivity contribution is 0.669. The van der Waals surface area contributed by atoms with E-state index in [1.54, 1.807) is 0 Å². The van der Waals surface area contributed by atoms with E-state index in [-0.39, 0.29) is 43.7 Å². The molecule has 0 aliphatic carbocycles. The Kier molecular flexibility index (Phi) is 8.02. The van der Waals surface area contributed by atoms with Crippen molar-refractivity contribution in [2.24, 2.45) is 0 Å². The summed E-state index contributed by atoms with van der Waals surface area (Å²) in [5.74, 6) is 0. The van der Waals surface area contributed by atoms with Crippen LogP contribution in [0.5, 0.6) is 0 Å². The highest BCUT2D eigenvalue weighted by Crippen LogP contribution is 2.43. The minimum absolute atomic E-state index is 0.162. The van der Waals surface area contributed by atoms with Gasteiger partial charge in [-0.05, 0) is 124 Å². The Bertz CT molecular complexity index is 3580. The van der Waals surface area contributed by atoms with Crippen LogP contribution in [-0.4, -0.2) is 62.8 Å². The Balaban J connectivity index is 1.24. The molecule has 9 heteroatoms. The van der Waals surface area contributed by atoms with Gasteiger partial charge >= 0.3 is 0 Å². The summed E-state index contributed by atoms with van der Waals surface area (Å²) in [6, 6.07) is 45.8. The van der Waals surface area contributed by atoms with Crippen molar-refractivity contribution >= 4 is 182 Å². The Hall–Kier alpha value is -6.18. The van der Waals surface area contributed by atoms with Crippen LogP contribution in [0.2, 0.25) is 0 Å². The molecular weight excluding hydrogens is 703 g/mol. The molecule has 0 amide bonds. The third kappa shape index (κ3) is 5.23. The van der Waals surface area contributed by atoms with Gasteiger partial charge < -0.3 is 4.42 Å². The Morgan fingerprint density at radius 1 is 0.271 bits per heavy atom. The maximum absolute atomic E-state index is 7.07. The zero-order chi connectivity index (χ0) is 40.4. The van der Waals surface area contributed by atoms with Crippen LogP contribution in [0.25, 0.3) is 109 Å². The highest BCUT2D eigenvalue weighted by atomic mass is 16.3. The summed E-state index contributed by atoms with van der Waals surface area (Å²) in [4.78, 5) is 0. The molecule has 11 rings (SSSR count). The molecule has 0 spiro atoms. The maximum Gasteiger partial charge on any atom is 0.136 e. The standard InChI is InChI=1S/C50H22B8O/c51-43-39-37(29-10-5-9-24(19-29)27-14-16-32-28(18-27)13-12-23-6-3-4-11-31(23)32)40-42(46(54)50(58)48(56)44(40)52)38(41(39)45(53)49(57)47(43)55)30-15-17-35-33(21-30)34-20-25-7-1-2-8-26(25)22-36(34)59-35/h1-22H. The first kappa shape index (κ1) is 35.9. The summed E-state index contributed by atoms with van der Waals surface area (Å²) >= 11 is 0. The van der Waals surface area contributed by atoms with Crippen molar-refractivity contribution in [2.75, 3.05) is 0 Å². The van der Waals surface area contributed by atoms with Crippen LogP contribution >= 0.6 is 0 Å². The van der Waals surface area contributed by atoms with Crippen LogP contribution in [0.1, 0.15) is 0 Å². The second-order valence-electron chi connectivity index (χ2n) is 15.4. The summed E-state index contributed by atoms with van der Waals surface area (Å²) < 4.78 is 6.39. The molecule has 0 fully saturated rings. The molecule has 0 saturated carbocycles. The van der Waals surface area contributed by atoms with Gasteiger partial charge in [-0.25, -0.2) is 0 Å². The van der Waals surface area contributed by atoms with Gasteiger partial charge in [-0.15, -0.1) is 21.9 Å². The van der Waals surface area contributed by atoms with E-state index in [4.69, 9.17) is 67.2 Å². The van der Waals surface area contributed by atoms with Crippen LogP contribution in [0.4, 0.5) is 0 Å². The minimum Gasteiger partial charge on any atom is -0.456 e. The second-order valence-corrected chi connectivity index (χ2v) is 15.4. The number of rotatable bonds is 3. The van der Waals surface area contributed by atoms with Gasteiger partial charge in [0, 0.05) is 10.8 Å². The van der Waals surface area contributed by atoms with Gasteiger partial charge in [0.2, 0.25) is 0 Å². The van der Waals surface area contributed by atoms with Crippen LogP contribution < -0.4 is 43.7 Å². The van der Waals surface area contributed by atoms with Crippen molar-refractivity contribution in [3.63, 3.8) is 0 Å². The van der Waals surface area contributed by atoms with Crippen LogP contribution in [0.3, 0.4) is 0 Å². The Morgan fingerprint density at radius 2 is 0.746 bits per heavy atom. The van der Waals surface area contributed by atoms with Crippen molar-refractivity contribution < 1.29 is 4.42 Å². The number of furan rings is 1. The quantitative estimate of drug-likeness (QED) is 0.146. The highest BCUT2D eigenvalue weighted by molar-refractivity contribution is 6.71. The predicted octanol–water partition coefficient (Wildman–Crippen LogP) is 4.70. The molecule has 1 nitrogen and oxygen atoms in total. The molecule has 0 unspecified atom stereocenters. The highest BCUT2D eigenvalue weighted by Gasteiger charge is 2.25. The van der Waals surface area contributed by atoms with E-state index in [2.05, 4.69) is 97.1 Å². The molecule has 1 aromatic heterocycles. The van der Waals surface area contributed by atoms with Gasteiger partial charge in [0.15, 0.2) is 0 Å². The number of fused-ring (bicyclic) bond motifs is 9. The van der Waals surface area contributed by atoms with E-state index in [1.165, 1.54) is 16.2 Å². The lowest BCUT2D eigenvalue weighted by Gasteiger charge is -2.28. The van der Waals surface area contributed by atoms with Crippen molar-refractivity contribution in [2.45, 2.75) is 0 Å². The molecule has 16 radical (unpaired) electrons. The smallest absolute Gasteiger partial charge is 0.136 e. The third-order valence-electron chi connectivity index (χ3n) is 12.2. The molecule has 1 heterocycles. The molecular formula is C50H22B8O. The Labute approximate surface area is 351 Å². The molecule has 10 aromatic carbocycles. The molecule has 11 aromatic rings. The Morgan fingerprint density at radius 3 is 1.39 bits per heavy atom. The summed E-state index contributed by atoms with van der Waals surface area (Å²) in [6.45, 7) is 0. The molecule has 0 aliphatic heterocycles. The van der Waals surface area contributed by atoms with E-state index in [0.29, 0.717) is 32.7 Å². The molecule has 0 bridgehead atoms. The largest absolute Gasteiger partial charge is 0.456 e. The van der Waals surface area contributed by atoms with Gasteiger partial charge in [-0.2, -0.15) is 0 Å². The van der Waals surface area contributed by atoms with E-state index in [9.17, 15) is 0 Å². The second kappa shape index (κ2) is 13.2.